The minimum atomic E-state index is 0.0484. The molecule has 4 heterocycles. The molecule has 0 aliphatic carbocycles. The quantitative estimate of drug-likeness (QED) is 0.211. The highest BCUT2D eigenvalue weighted by atomic mass is 32.1. The highest BCUT2D eigenvalue weighted by Gasteiger charge is 2.16. The predicted octanol–water partition coefficient (Wildman–Crippen LogP) is 7.33. The van der Waals surface area contributed by atoms with Crippen molar-refractivity contribution in [1.82, 2.24) is 25.1 Å². The zero-order valence-electron chi connectivity index (χ0n) is 20.6. The second kappa shape index (κ2) is 9.63. The molecule has 0 unspecified atom stereocenters. The monoisotopic (exact) mass is 506 g/mol. The zero-order valence-corrected chi connectivity index (χ0v) is 21.4. The van der Waals surface area contributed by atoms with Gasteiger partial charge in [-0.1, -0.05) is 31.5 Å². The second-order valence-corrected chi connectivity index (χ2v) is 10.2. The number of nitrogens with zero attached hydrogens (tertiary/aromatic N) is 3. The summed E-state index contributed by atoms with van der Waals surface area (Å²) in [5, 5.41) is 13.8. The van der Waals surface area contributed by atoms with Crippen molar-refractivity contribution >= 4 is 44.9 Å². The summed E-state index contributed by atoms with van der Waals surface area (Å²) in [6, 6.07) is 16.5. The van der Waals surface area contributed by atoms with Gasteiger partial charge in [0.25, 0.3) is 0 Å². The van der Waals surface area contributed by atoms with E-state index in [1.807, 2.05) is 37.4 Å². The van der Waals surface area contributed by atoms with Gasteiger partial charge in [-0.25, -0.2) is 4.98 Å². The van der Waals surface area contributed by atoms with E-state index in [9.17, 15) is 4.79 Å². The van der Waals surface area contributed by atoms with Crippen molar-refractivity contribution in [3.05, 3.63) is 71.9 Å². The minimum Gasteiger partial charge on any atom is -0.335 e. The number of benzene rings is 2. The summed E-state index contributed by atoms with van der Waals surface area (Å²) in [4.78, 5) is 26.2. The lowest BCUT2D eigenvalue weighted by Gasteiger charge is -2.10. The molecule has 0 bridgehead atoms. The van der Waals surface area contributed by atoms with Crippen molar-refractivity contribution in [3.63, 3.8) is 0 Å². The van der Waals surface area contributed by atoms with Gasteiger partial charge in [-0.15, -0.1) is 11.3 Å². The van der Waals surface area contributed by atoms with Crippen LogP contribution in [0.2, 0.25) is 0 Å². The molecular weight excluding hydrogens is 480 g/mol. The van der Waals surface area contributed by atoms with Gasteiger partial charge in [0.1, 0.15) is 11.2 Å². The van der Waals surface area contributed by atoms with Crippen molar-refractivity contribution in [2.75, 3.05) is 5.32 Å². The highest BCUT2D eigenvalue weighted by molar-refractivity contribution is 7.13. The number of imidazole rings is 1. The molecule has 2 aromatic carbocycles. The fourth-order valence-electron chi connectivity index (χ4n) is 4.61. The Hall–Kier alpha value is -4.30. The first-order chi connectivity index (χ1) is 18.1. The number of carbonyl (C=O) groups is 1. The van der Waals surface area contributed by atoms with E-state index >= 15 is 0 Å². The number of aromatic amines is 2. The largest absolute Gasteiger partial charge is 0.335 e. The Morgan fingerprint density at radius 2 is 1.97 bits per heavy atom. The summed E-state index contributed by atoms with van der Waals surface area (Å²) in [5.74, 6) is 0.740. The molecule has 0 fully saturated rings. The van der Waals surface area contributed by atoms with Crippen LogP contribution in [0.15, 0.2) is 66.3 Å². The van der Waals surface area contributed by atoms with Crippen LogP contribution in [-0.2, 0) is 4.79 Å². The molecule has 3 N–H and O–H groups in total. The van der Waals surface area contributed by atoms with E-state index in [0.29, 0.717) is 12.2 Å². The average Bonchev–Trinajstić information content (AvgIpc) is 3.65. The number of rotatable bonds is 7. The van der Waals surface area contributed by atoms with Crippen LogP contribution in [0.3, 0.4) is 0 Å². The maximum Gasteiger partial charge on any atom is 0.224 e. The van der Waals surface area contributed by atoms with Crippen molar-refractivity contribution in [3.8, 4) is 33.1 Å². The molecule has 184 valence electrons. The Bertz CT molecular complexity index is 1730. The molecule has 6 rings (SSSR count). The van der Waals surface area contributed by atoms with Gasteiger partial charge in [0.15, 0.2) is 5.82 Å². The van der Waals surface area contributed by atoms with Crippen LogP contribution in [0.1, 0.15) is 31.7 Å². The molecule has 6 aromatic rings. The smallest absolute Gasteiger partial charge is 0.224 e. The molecule has 8 heteroatoms. The summed E-state index contributed by atoms with van der Waals surface area (Å²) in [5.41, 5.74) is 8.41. The summed E-state index contributed by atoms with van der Waals surface area (Å²) in [6.07, 6.45) is 6.07. The van der Waals surface area contributed by atoms with E-state index in [0.717, 1.165) is 73.3 Å². The summed E-state index contributed by atoms with van der Waals surface area (Å²) >= 11 is 1.67. The molecule has 0 radical (unpaired) electrons. The van der Waals surface area contributed by atoms with E-state index < -0.39 is 0 Å². The van der Waals surface area contributed by atoms with Gasteiger partial charge < -0.3 is 10.3 Å². The van der Waals surface area contributed by atoms with E-state index in [2.05, 4.69) is 62.1 Å². The number of amides is 1. The molecule has 0 aliphatic rings. The van der Waals surface area contributed by atoms with Crippen LogP contribution in [0.5, 0.6) is 0 Å². The Balaban J connectivity index is 1.39. The number of thiophene rings is 1. The van der Waals surface area contributed by atoms with Crippen LogP contribution in [-0.4, -0.2) is 31.1 Å². The first kappa shape index (κ1) is 23.1. The lowest BCUT2D eigenvalue weighted by atomic mass is 10.0. The Morgan fingerprint density at radius 3 is 2.81 bits per heavy atom. The standard InChI is InChI=1S/C29H26N6OS/c1-3-4-7-26(36)31-20-12-17(2)11-19(13-20)18-8-9-23-21(14-18)28(35-34-23)29-32-24-16-30-15-22(27(24)33-29)25-6-5-10-37-25/h5-6,8-16H,3-4,7H2,1-2H3,(H,31,36)(H,32,33)(H,34,35). The third-order valence-corrected chi connectivity index (χ3v) is 7.32. The SMILES string of the molecule is CCCCC(=O)Nc1cc(C)cc(-c2ccc3[nH]nc(-c4nc5c(-c6cccs6)cncc5[nH]4)c3c2)c1. The fourth-order valence-corrected chi connectivity index (χ4v) is 5.35. The first-order valence-corrected chi connectivity index (χ1v) is 13.2. The Labute approximate surface area is 218 Å². The van der Waals surface area contributed by atoms with E-state index in [1.54, 1.807) is 17.5 Å². The molecule has 0 atom stereocenters. The van der Waals surface area contributed by atoms with Gasteiger partial charge in [-0.2, -0.15) is 5.10 Å². The molecule has 0 saturated carbocycles. The highest BCUT2D eigenvalue weighted by Crippen LogP contribution is 2.34. The zero-order chi connectivity index (χ0) is 25.4. The molecule has 0 spiro atoms. The van der Waals surface area contributed by atoms with Crippen LogP contribution in [0, 0.1) is 6.92 Å². The molecule has 0 saturated heterocycles. The van der Waals surface area contributed by atoms with Crippen molar-refractivity contribution in [2.24, 2.45) is 0 Å². The topological polar surface area (TPSA) is 99.3 Å². The molecule has 4 aromatic heterocycles. The van der Waals surface area contributed by atoms with Gasteiger partial charge in [0, 0.05) is 34.1 Å². The van der Waals surface area contributed by atoms with Gasteiger partial charge in [0.05, 0.1) is 17.2 Å². The third kappa shape index (κ3) is 4.51. The minimum absolute atomic E-state index is 0.0484. The van der Waals surface area contributed by atoms with Crippen LogP contribution >= 0.6 is 11.3 Å². The van der Waals surface area contributed by atoms with E-state index in [1.165, 1.54) is 0 Å². The lowest BCUT2D eigenvalue weighted by molar-refractivity contribution is -0.116. The normalized spacial score (nSPS) is 11.4. The number of nitrogens with one attached hydrogen (secondary N) is 3. The Kier molecular flexibility index (Phi) is 6.02. The number of aromatic nitrogens is 5. The maximum absolute atomic E-state index is 12.3. The fraction of sp³-hybridized carbons (Fsp3) is 0.172. The van der Waals surface area contributed by atoms with Crippen LogP contribution in [0.25, 0.3) is 55.0 Å². The van der Waals surface area contributed by atoms with Gasteiger partial charge in [0.2, 0.25) is 5.91 Å². The summed E-state index contributed by atoms with van der Waals surface area (Å²) in [7, 11) is 0. The van der Waals surface area contributed by atoms with Crippen molar-refractivity contribution < 1.29 is 4.79 Å². The van der Waals surface area contributed by atoms with Gasteiger partial charge in [-0.3, -0.25) is 14.9 Å². The number of aryl methyl sites for hydroxylation is 1. The Morgan fingerprint density at radius 1 is 1.05 bits per heavy atom. The predicted molar refractivity (Wildman–Crippen MR) is 151 cm³/mol. The molecule has 1 amide bonds. The number of hydrogen-bond acceptors (Lipinski definition) is 5. The molecular formula is C29H26N6OS. The number of carbonyl (C=O) groups excluding carboxylic acids is 1. The summed E-state index contributed by atoms with van der Waals surface area (Å²) in [6.45, 7) is 4.13. The number of H-pyrrole nitrogens is 2. The first-order valence-electron chi connectivity index (χ1n) is 12.4. The van der Waals surface area contributed by atoms with Crippen LogP contribution in [0.4, 0.5) is 5.69 Å². The van der Waals surface area contributed by atoms with Gasteiger partial charge in [-0.05, 0) is 65.7 Å². The number of pyridine rings is 1. The van der Waals surface area contributed by atoms with Crippen LogP contribution < -0.4 is 5.32 Å². The molecule has 7 nitrogen and oxygen atoms in total. The second-order valence-electron chi connectivity index (χ2n) is 9.22. The van der Waals surface area contributed by atoms with Gasteiger partial charge >= 0.3 is 0 Å². The third-order valence-electron chi connectivity index (χ3n) is 6.42. The average molecular weight is 507 g/mol. The number of fused-ring (bicyclic) bond motifs is 2. The van der Waals surface area contributed by atoms with E-state index in [-0.39, 0.29) is 5.91 Å². The number of unbranched alkanes of at least 4 members (excludes halogenated alkanes) is 1. The molecule has 0 aliphatic heterocycles. The van der Waals surface area contributed by atoms with Crippen molar-refractivity contribution in [2.45, 2.75) is 33.1 Å². The maximum atomic E-state index is 12.3. The van der Waals surface area contributed by atoms with E-state index in [4.69, 9.17) is 4.98 Å². The summed E-state index contributed by atoms with van der Waals surface area (Å²) < 4.78 is 0. The lowest BCUT2D eigenvalue weighted by Crippen LogP contribution is -2.11. The van der Waals surface area contributed by atoms with Crippen molar-refractivity contribution in [1.29, 1.82) is 0 Å². The number of hydrogen-bond donors (Lipinski definition) is 3. The number of anilines is 1. The molecule has 37 heavy (non-hydrogen) atoms.